The van der Waals surface area contributed by atoms with Crippen LogP contribution in [0.2, 0.25) is 0 Å². The Hall–Kier alpha value is -0.890. The minimum absolute atomic E-state index is 0.119. The maximum atomic E-state index is 13.1. The number of fused-ring (bicyclic) bond motifs is 2. The van der Waals surface area contributed by atoms with Gasteiger partial charge < -0.3 is 4.90 Å². The first-order valence-corrected chi connectivity index (χ1v) is 7.68. The van der Waals surface area contributed by atoms with E-state index in [2.05, 4.69) is 18.9 Å². The van der Waals surface area contributed by atoms with Crippen LogP contribution in [0, 0.1) is 11.7 Å². The number of hydrogen-bond acceptors (Lipinski definition) is 1. The molecule has 1 nitrogen and oxygen atoms in total. The number of halogens is 1. The van der Waals surface area contributed by atoms with E-state index in [0.29, 0.717) is 5.92 Å². The molecule has 2 bridgehead atoms. The number of hydrogen-bond donors (Lipinski definition) is 0. The fourth-order valence-corrected chi connectivity index (χ4v) is 4.40. The zero-order valence-electron chi connectivity index (χ0n) is 12.0. The fourth-order valence-electron chi connectivity index (χ4n) is 4.40. The van der Waals surface area contributed by atoms with Gasteiger partial charge in [-0.05, 0) is 62.3 Å². The summed E-state index contributed by atoms with van der Waals surface area (Å²) >= 11 is 0. The highest BCUT2D eigenvalue weighted by atomic mass is 19.1. The van der Waals surface area contributed by atoms with E-state index in [1.54, 1.807) is 12.1 Å². The lowest BCUT2D eigenvalue weighted by atomic mass is 9.74. The molecule has 104 valence electrons. The average Bonchev–Trinajstić information content (AvgIpc) is 2.65. The Morgan fingerprint density at radius 2 is 1.95 bits per heavy atom. The molecule has 2 heterocycles. The molecule has 2 saturated heterocycles. The standard InChI is InChI=1S/C17H24FN/c1-3-4-15-16(12-5-7-13(18)8-6-12)11-14-9-10-17(15)19(14)2/h5-8,14-17H,3-4,9-11H2,1-2H3/t14-,15-,16-,17+/m0/s1. The van der Waals surface area contributed by atoms with Crippen LogP contribution in [0.1, 0.15) is 50.5 Å². The third kappa shape index (κ3) is 2.31. The van der Waals surface area contributed by atoms with Crippen molar-refractivity contribution in [1.29, 1.82) is 0 Å². The Kier molecular flexibility index (Phi) is 3.62. The maximum Gasteiger partial charge on any atom is 0.123 e. The molecule has 0 saturated carbocycles. The third-order valence-corrected chi connectivity index (χ3v) is 5.35. The predicted octanol–water partition coefficient (Wildman–Crippen LogP) is 4.19. The Morgan fingerprint density at radius 1 is 1.21 bits per heavy atom. The van der Waals surface area contributed by atoms with E-state index < -0.39 is 0 Å². The van der Waals surface area contributed by atoms with Gasteiger partial charge >= 0.3 is 0 Å². The van der Waals surface area contributed by atoms with E-state index >= 15 is 0 Å². The summed E-state index contributed by atoms with van der Waals surface area (Å²) in [6.07, 6.45) is 6.49. The lowest BCUT2D eigenvalue weighted by molar-refractivity contribution is 0.0940. The molecule has 2 heteroatoms. The smallest absolute Gasteiger partial charge is 0.123 e. The Morgan fingerprint density at radius 3 is 2.63 bits per heavy atom. The van der Waals surface area contributed by atoms with E-state index in [1.807, 2.05) is 12.1 Å². The van der Waals surface area contributed by atoms with E-state index in [0.717, 1.165) is 18.0 Å². The van der Waals surface area contributed by atoms with Crippen LogP contribution in [0.15, 0.2) is 24.3 Å². The molecular weight excluding hydrogens is 237 g/mol. The second-order valence-corrected chi connectivity index (χ2v) is 6.31. The van der Waals surface area contributed by atoms with Crippen LogP contribution in [0.4, 0.5) is 4.39 Å². The second-order valence-electron chi connectivity index (χ2n) is 6.31. The summed E-state index contributed by atoms with van der Waals surface area (Å²) in [5, 5.41) is 0. The van der Waals surface area contributed by atoms with Crippen molar-refractivity contribution in [2.45, 2.75) is 57.0 Å². The number of piperidine rings is 1. The lowest BCUT2D eigenvalue weighted by Gasteiger charge is -2.43. The molecule has 19 heavy (non-hydrogen) atoms. The van der Waals surface area contributed by atoms with Crippen LogP contribution in [0.5, 0.6) is 0 Å². The second kappa shape index (κ2) is 5.24. The van der Waals surface area contributed by atoms with E-state index in [4.69, 9.17) is 0 Å². The minimum atomic E-state index is -0.119. The van der Waals surface area contributed by atoms with Crippen molar-refractivity contribution in [3.8, 4) is 0 Å². The molecule has 1 aromatic rings. The molecule has 0 aliphatic carbocycles. The van der Waals surface area contributed by atoms with Crippen LogP contribution < -0.4 is 0 Å². The van der Waals surface area contributed by atoms with Gasteiger partial charge in [0.2, 0.25) is 0 Å². The van der Waals surface area contributed by atoms with E-state index in [1.165, 1.54) is 37.7 Å². The van der Waals surface area contributed by atoms with Crippen LogP contribution in [0.25, 0.3) is 0 Å². The van der Waals surface area contributed by atoms with Gasteiger partial charge in [-0.25, -0.2) is 4.39 Å². The Balaban J connectivity index is 1.88. The van der Waals surface area contributed by atoms with Crippen molar-refractivity contribution < 1.29 is 4.39 Å². The van der Waals surface area contributed by atoms with Crippen molar-refractivity contribution in [2.75, 3.05) is 7.05 Å². The highest BCUT2D eigenvalue weighted by molar-refractivity contribution is 5.24. The quantitative estimate of drug-likeness (QED) is 0.788. The number of rotatable bonds is 3. The SMILES string of the molecule is CCC[C@@H]1[C@H]2CC[C@@H](C[C@H]1c1ccc(F)cc1)N2C. The molecule has 2 aliphatic rings. The summed E-state index contributed by atoms with van der Waals surface area (Å²) in [5.74, 6) is 1.26. The first-order chi connectivity index (χ1) is 9.20. The fraction of sp³-hybridized carbons (Fsp3) is 0.647. The topological polar surface area (TPSA) is 3.24 Å². The van der Waals surface area contributed by atoms with Crippen molar-refractivity contribution in [1.82, 2.24) is 4.90 Å². The van der Waals surface area contributed by atoms with Gasteiger partial charge in [-0.2, -0.15) is 0 Å². The van der Waals surface area contributed by atoms with E-state index in [-0.39, 0.29) is 5.82 Å². The first kappa shape index (κ1) is 13.1. The number of nitrogens with zero attached hydrogens (tertiary/aromatic N) is 1. The third-order valence-electron chi connectivity index (χ3n) is 5.35. The largest absolute Gasteiger partial charge is 0.300 e. The summed E-state index contributed by atoms with van der Waals surface area (Å²) in [6.45, 7) is 2.28. The highest BCUT2D eigenvalue weighted by Crippen LogP contribution is 2.47. The summed E-state index contributed by atoms with van der Waals surface area (Å²) in [5.41, 5.74) is 1.35. The summed E-state index contributed by atoms with van der Waals surface area (Å²) in [4.78, 5) is 2.61. The predicted molar refractivity (Wildman–Crippen MR) is 76.7 cm³/mol. The zero-order chi connectivity index (χ0) is 13.4. The molecule has 0 radical (unpaired) electrons. The zero-order valence-corrected chi connectivity index (χ0v) is 12.0. The summed E-state index contributed by atoms with van der Waals surface area (Å²) in [7, 11) is 2.30. The van der Waals surface area contributed by atoms with E-state index in [9.17, 15) is 4.39 Å². The Labute approximate surface area is 115 Å². The van der Waals surface area contributed by atoms with Crippen molar-refractivity contribution >= 4 is 0 Å². The molecule has 2 aliphatic heterocycles. The molecule has 2 fully saturated rings. The lowest BCUT2D eigenvalue weighted by Crippen LogP contribution is -2.45. The molecular formula is C17H24FN. The minimum Gasteiger partial charge on any atom is -0.300 e. The molecule has 0 unspecified atom stereocenters. The van der Waals surface area contributed by atoms with Crippen LogP contribution in [-0.4, -0.2) is 24.0 Å². The Bertz CT molecular complexity index is 427. The molecule has 0 amide bonds. The van der Waals surface area contributed by atoms with Gasteiger partial charge in [0.1, 0.15) is 5.82 Å². The summed E-state index contributed by atoms with van der Waals surface area (Å²) < 4.78 is 13.1. The first-order valence-electron chi connectivity index (χ1n) is 7.68. The average molecular weight is 261 g/mol. The van der Waals surface area contributed by atoms with Crippen molar-refractivity contribution in [2.24, 2.45) is 5.92 Å². The number of benzene rings is 1. The van der Waals surface area contributed by atoms with Gasteiger partial charge in [-0.3, -0.25) is 0 Å². The maximum absolute atomic E-state index is 13.1. The van der Waals surface area contributed by atoms with Crippen LogP contribution in [0.3, 0.4) is 0 Å². The molecule has 1 aromatic carbocycles. The van der Waals surface area contributed by atoms with Crippen LogP contribution >= 0.6 is 0 Å². The van der Waals surface area contributed by atoms with Gasteiger partial charge in [0.05, 0.1) is 0 Å². The molecule has 0 N–H and O–H groups in total. The highest BCUT2D eigenvalue weighted by Gasteiger charge is 2.45. The molecule has 0 aromatic heterocycles. The molecule has 3 rings (SSSR count). The van der Waals surface area contributed by atoms with Gasteiger partial charge in [-0.1, -0.05) is 25.5 Å². The molecule has 4 atom stereocenters. The van der Waals surface area contributed by atoms with Gasteiger partial charge in [0.25, 0.3) is 0 Å². The normalized spacial score (nSPS) is 34.7. The molecule has 0 spiro atoms. The summed E-state index contributed by atoms with van der Waals surface area (Å²) in [6, 6.07) is 8.75. The van der Waals surface area contributed by atoms with Gasteiger partial charge in [0, 0.05) is 12.1 Å². The monoisotopic (exact) mass is 261 g/mol. The van der Waals surface area contributed by atoms with Gasteiger partial charge in [0.15, 0.2) is 0 Å². The van der Waals surface area contributed by atoms with Gasteiger partial charge in [-0.15, -0.1) is 0 Å². The van der Waals surface area contributed by atoms with Crippen molar-refractivity contribution in [3.63, 3.8) is 0 Å². The van der Waals surface area contributed by atoms with Crippen LogP contribution in [-0.2, 0) is 0 Å². The van der Waals surface area contributed by atoms with Crippen molar-refractivity contribution in [3.05, 3.63) is 35.6 Å².